The van der Waals surface area contributed by atoms with Crippen molar-refractivity contribution in [1.29, 1.82) is 0 Å². The zero-order valence-corrected chi connectivity index (χ0v) is 15.6. The van der Waals surface area contributed by atoms with Gasteiger partial charge in [0, 0.05) is 31.0 Å². The zero-order chi connectivity index (χ0) is 17.2. The van der Waals surface area contributed by atoms with E-state index in [9.17, 15) is 0 Å². The molecule has 0 unspecified atom stereocenters. The second-order valence-corrected chi connectivity index (χ2v) is 7.81. The summed E-state index contributed by atoms with van der Waals surface area (Å²) >= 11 is 0. The van der Waals surface area contributed by atoms with E-state index < -0.39 is 0 Å². The first-order chi connectivity index (χ1) is 12.3. The summed E-state index contributed by atoms with van der Waals surface area (Å²) in [6.07, 6.45) is 5.07. The standard InChI is InChI=1S/C23H30N2/c1-3-13-25-14-5-8-19-6-4-7-20(23(19)25)16-24-21-11-9-18(10-12-21)22-15-17(22)2/h4,6-7,9-12,17,22,24H,3,5,8,13-16H2,1-2H3/t17-,22-/m1/s1. The van der Waals surface area contributed by atoms with Crippen LogP contribution in [-0.4, -0.2) is 13.1 Å². The predicted molar refractivity (Wildman–Crippen MR) is 108 cm³/mol. The topological polar surface area (TPSA) is 15.3 Å². The summed E-state index contributed by atoms with van der Waals surface area (Å²) in [6.45, 7) is 7.89. The van der Waals surface area contributed by atoms with Crippen molar-refractivity contribution in [1.82, 2.24) is 0 Å². The molecule has 0 saturated heterocycles. The van der Waals surface area contributed by atoms with Crippen molar-refractivity contribution in [3.8, 4) is 0 Å². The van der Waals surface area contributed by atoms with Gasteiger partial charge in [0.2, 0.25) is 0 Å². The molecule has 2 aromatic carbocycles. The van der Waals surface area contributed by atoms with Gasteiger partial charge in [0.1, 0.15) is 0 Å². The first-order valence-corrected chi connectivity index (χ1v) is 9.96. The first-order valence-electron chi connectivity index (χ1n) is 9.96. The molecule has 0 radical (unpaired) electrons. The Morgan fingerprint density at radius 1 is 1.12 bits per heavy atom. The largest absolute Gasteiger partial charge is 0.381 e. The van der Waals surface area contributed by atoms with Gasteiger partial charge in [-0.05, 0) is 66.3 Å². The molecule has 1 fully saturated rings. The number of hydrogen-bond donors (Lipinski definition) is 1. The molecular formula is C23H30N2. The molecule has 25 heavy (non-hydrogen) atoms. The molecule has 1 saturated carbocycles. The van der Waals surface area contributed by atoms with Gasteiger partial charge in [-0.25, -0.2) is 0 Å². The summed E-state index contributed by atoms with van der Waals surface area (Å²) in [6, 6.07) is 15.9. The molecule has 2 aromatic rings. The molecule has 1 heterocycles. The lowest BCUT2D eigenvalue weighted by Gasteiger charge is -2.33. The second kappa shape index (κ2) is 7.11. The van der Waals surface area contributed by atoms with E-state index in [1.807, 2.05) is 0 Å². The van der Waals surface area contributed by atoms with Crippen LogP contribution in [0.25, 0.3) is 0 Å². The maximum atomic E-state index is 3.64. The number of rotatable bonds is 6. The Morgan fingerprint density at radius 3 is 2.64 bits per heavy atom. The van der Waals surface area contributed by atoms with Crippen LogP contribution in [0, 0.1) is 5.92 Å². The fourth-order valence-corrected chi connectivity index (χ4v) is 4.29. The van der Waals surface area contributed by atoms with E-state index in [1.165, 1.54) is 60.3 Å². The van der Waals surface area contributed by atoms with Gasteiger partial charge in [0.05, 0.1) is 0 Å². The van der Waals surface area contributed by atoms with E-state index in [-0.39, 0.29) is 0 Å². The lowest BCUT2D eigenvalue weighted by atomic mass is 9.97. The average Bonchev–Trinajstić information content (AvgIpc) is 3.37. The average molecular weight is 335 g/mol. The molecule has 0 spiro atoms. The minimum atomic E-state index is 0.804. The summed E-state index contributed by atoms with van der Waals surface area (Å²) < 4.78 is 0. The Kier molecular flexibility index (Phi) is 4.70. The third kappa shape index (κ3) is 3.53. The van der Waals surface area contributed by atoms with E-state index in [2.05, 4.69) is 66.5 Å². The minimum absolute atomic E-state index is 0.804. The third-order valence-corrected chi connectivity index (χ3v) is 5.82. The quantitative estimate of drug-likeness (QED) is 0.741. The molecule has 2 nitrogen and oxygen atoms in total. The van der Waals surface area contributed by atoms with Crippen molar-refractivity contribution in [3.05, 3.63) is 59.2 Å². The maximum Gasteiger partial charge on any atom is 0.0449 e. The van der Waals surface area contributed by atoms with Crippen molar-refractivity contribution < 1.29 is 0 Å². The van der Waals surface area contributed by atoms with Crippen LogP contribution in [0.4, 0.5) is 11.4 Å². The Hall–Kier alpha value is -1.96. The van der Waals surface area contributed by atoms with Gasteiger partial charge in [-0.3, -0.25) is 0 Å². The van der Waals surface area contributed by atoms with Crippen LogP contribution in [0.5, 0.6) is 0 Å². The maximum absolute atomic E-state index is 3.64. The molecule has 2 aliphatic rings. The number of nitrogens with one attached hydrogen (secondary N) is 1. The second-order valence-electron chi connectivity index (χ2n) is 7.81. The van der Waals surface area contributed by atoms with Crippen LogP contribution in [0.1, 0.15) is 55.7 Å². The predicted octanol–water partition coefficient (Wildman–Crippen LogP) is 5.58. The van der Waals surface area contributed by atoms with Crippen LogP contribution in [0.15, 0.2) is 42.5 Å². The van der Waals surface area contributed by atoms with Crippen molar-refractivity contribution in [2.45, 2.75) is 52.0 Å². The van der Waals surface area contributed by atoms with E-state index >= 15 is 0 Å². The molecule has 0 aromatic heterocycles. The van der Waals surface area contributed by atoms with Crippen molar-refractivity contribution in [2.24, 2.45) is 5.92 Å². The van der Waals surface area contributed by atoms with Crippen LogP contribution < -0.4 is 10.2 Å². The summed E-state index contributed by atoms with van der Waals surface area (Å²) in [5.41, 5.74) is 7.19. The molecule has 132 valence electrons. The molecule has 2 atom stereocenters. The lowest BCUT2D eigenvalue weighted by Crippen LogP contribution is -2.31. The molecule has 2 heteroatoms. The number of anilines is 2. The molecule has 1 aliphatic carbocycles. The summed E-state index contributed by atoms with van der Waals surface area (Å²) in [5.74, 6) is 1.68. The normalized spacial score (nSPS) is 21.8. The van der Waals surface area contributed by atoms with Gasteiger partial charge in [-0.1, -0.05) is 44.2 Å². The monoisotopic (exact) mass is 334 g/mol. The van der Waals surface area contributed by atoms with Crippen LogP contribution in [-0.2, 0) is 13.0 Å². The number of hydrogen-bond acceptors (Lipinski definition) is 2. The molecule has 0 bridgehead atoms. The van der Waals surface area contributed by atoms with E-state index in [1.54, 1.807) is 0 Å². The Morgan fingerprint density at radius 2 is 1.92 bits per heavy atom. The van der Waals surface area contributed by atoms with Gasteiger partial charge in [0.25, 0.3) is 0 Å². The molecule has 1 N–H and O–H groups in total. The van der Waals surface area contributed by atoms with Crippen molar-refractivity contribution >= 4 is 11.4 Å². The van der Waals surface area contributed by atoms with Gasteiger partial charge in [0.15, 0.2) is 0 Å². The molecular weight excluding hydrogens is 304 g/mol. The van der Waals surface area contributed by atoms with Crippen LogP contribution in [0.2, 0.25) is 0 Å². The van der Waals surface area contributed by atoms with Gasteiger partial charge in [-0.2, -0.15) is 0 Å². The van der Waals surface area contributed by atoms with Crippen LogP contribution in [0.3, 0.4) is 0 Å². The minimum Gasteiger partial charge on any atom is -0.381 e. The highest BCUT2D eigenvalue weighted by molar-refractivity contribution is 5.62. The zero-order valence-electron chi connectivity index (χ0n) is 15.6. The van der Waals surface area contributed by atoms with Gasteiger partial charge >= 0.3 is 0 Å². The van der Waals surface area contributed by atoms with E-state index in [0.717, 1.165) is 24.9 Å². The summed E-state index contributed by atoms with van der Waals surface area (Å²) in [5, 5.41) is 3.64. The number of nitrogens with zero attached hydrogens (tertiary/aromatic N) is 1. The Labute approximate surface area is 152 Å². The molecule has 4 rings (SSSR count). The molecule has 0 amide bonds. The van der Waals surface area contributed by atoms with Gasteiger partial charge < -0.3 is 10.2 Å². The summed E-state index contributed by atoms with van der Waals surface area (Å²) in [7, 11) is 0. The number of aryl methyl sites for hydroxylation is 1. The fraction of sp³-hybridized carbons (Fsp3) is 0.478. The number of benzene rings is 2. The number of fused-ring (bicyclic) bond motifs is 1. The highest BCUT2D eigenvalue weighted by Gasteiger charge is 2.33. The number of para-hydroxylation sites is 1. The third-order valence-electron chi connectivity index (χ3n) is 5.82. The Balaban J connectivity index is 1.47. The SMILES string of the molecule is CCCN1CCCc2cccc(CNc3ccc([C@@H]4C[C@H]4C)cc3)c21. The highest BCUT2D eigenvalue weighted by Crippen LogP contribution is 2.46. The highest BCUT2D eigenvalue weighted by atomic mass is 15.1. The lowest BCUT2D eigenvalue weighted by molar-refractivity contribution is 0.677. The Bertz CT molecular complexity index is 719. The molecule has 1 aliphatic heterocycles. The van der Waals surface area contributed by atoms with Gasteiger partial charge in [-0.15, -0.1) is 0 Å². The van der Waals surface area contributed by atoms with Crippen molar-refractivity contribution in [2.75, 3.05) is 23.3 Å². The fourth-order valence-electron chi connectivity index (χ4n) is 4.29. The van der Waals surface area contributed by atoms with Crippen LogP contribution >= 0.6 is 0 Å². The van der Waals surface area contributed by atoms with E-state index in [0.29, 0.717) is 0 Å². The van der Waals surface area contributed by atoms with Crippen molar-refractivity contribution in [3.63, 3.8) is 0 Å². The van der Waals surface area contributed by atoms with E-state index in [4.69, 9.17) is 0 Å². The summed E-state index contributed by atoms with van der Waals surface area (Å²) in [4.78, 5) is 2.59. The first kappa shape index (κ1) is 16.5. The smallest absolute Gasteiger partial charge is 0.0449 e.